The van der Waals surface area contributed by atoms with Gasteiger partial charge < -0.3 is 20.7 Å². The van der Waals surface area contributed by atoms with Gasteiger partial charge in [-0.25, -0.2) is 0 Å². The number of carbonyl (C=O) groups is 1. The minimum Gasteiger partial charge on any atom is -0.497 e. The Bertz CT molecular complexity index is 513. The molecular weight excluding hydrogens is 300 g/mol. The normalized spacial score (nSPS) is 15.5. The zero-order chi connectivity index (χ0) is 15.8. The highest BCUT2D eigenvalue weighted by molar-refractivity contribution is 7.99. The number of thioether (sulfide) groups is 1. The van der Waals surface area contributed by atoms with Crippen molar-refractivity contribution in [2.45, 2.75) is 0 Å². The van der Waals surface area contributed by atoms with Crippen LogP contribution in [0.4, 0.5) is 0 Å². The van der Waals surface area contributed by atoms with Crippen LogP contribution in [0.2, 0.25) is 0 Å². The van der Waals surface area contributed by atoms with Crippen molar-refractivity contribution in [3.05, 3.63) is 29.8 Å². The summed E-state index contributed by atoms with van der Waals surface area (Å²) in [7, 11) is 1.60. The van der Waals surface area contributed by atoms with Crippen LogP contribution in [-0.4, -0.2) is 61.6 Å². The molecule has 7 heteroatoms. The molecule has 1 aromatic carbocycles. The topological polar surface area (TPSA) is 79.9 Å². The van der Waals surface area contributed by atoms with Gasteiger partial charge in [-0.1, -0.05) is 0 Å². The van der Waals surface area contributed by atoms with Gasteiger partial charge in [-0.05, 0) is 24.3 Å². The Morgan fingerprint density at radius 3 is 2.68 bits per heavy atom. The highest BCUT2D eigenvalue weighted by Gasteiger charge is 2.11. The number of hydrogen-bond donors (Lipinski definition) is 2. The van der Waals surface area contributed by atoms with Crippen LogP contribution in [0.25, 0.3) is 0 Å². The second kappa shape index (κ2) is 8.53. The second-order valence-corrected chi connectivity index (χ2v) is 6.05. The number of carbonyl (C=O) groups excluding carboxylic acids is 1. The van der Waals surface area contributed by atoms with Crippen molar-refractivity contribution < 1.29 is 9.53 Å². The van der Waals surface area contributed by atoms with Crippen molar-refractivity contribution >= 4 is 23.6 Å². The quantitative estimate of drug-likeness (QED) is 0.476. The minimum atomic E-state index is -0.120. The molecule has 22 heavy (non-hydrogen) atoms. The number of methoxy groups -OCH3 is 1. The van der Waals surface area contributed by atoms with Crippen LogP contribution < -0.4 is 15.8 Å². The summed E-state index contributed by atoms with van der Waals surface area (Å²) in [6, 6.07) is 6.99. The number of rotatable bonds is 5. The molecule has 0 spiro atoms. The summed E-state index contributed by atoms with van der Waals surface area (Å²) in [6.45, 7) is 2.84. The SMILES string of the molecule is COc1ccc(C(=O)NCCN=C(N)N2CCSCC2)cc1. The molecule has 3 N–H and O–H groups in total. The third-order valence-corrected chi connectivity index (χ3v) is 4.30. The summed E-state index contributed by atoms with van der Waals surface area (Å²) < 4.78 is 5.06. The van der Waals surface area contributed by atoms with Crippen molar-refractivity contribution in [2.75, 3.05) is 44.8 Å². The van der Waals surface area contributed by atoms with E-state index in [1.54, 1.807) is 31.4 Å². The molecule has 0 unspecified atom stereocenters. The standard InChI is InChI=1S/C15H22N4O2S/c1-21-13-4-2-12(3-5-13)14(20)17-6-7-18-15(16)19-8-10-22-11-9-19/h2-5H,6-11H2,1H3,(H2,16,18)(H,17,20). The molecule has 6 nitrogen and oxygen atoms in total. The summed E-state index contributed by atoms with van der Waals surface area (Å²) in [5, 5.41) is 2.83. The lowest BCUT2D eigenvalue weighted by Gasteiger charge is -2.27. The van der Waals surface area contributed by atoms with Gasteiger partial charge in [0.2, 0.25) is 0 Å². The number of aliphatic imine (C=N–C) groups is 1. The van der Waals surface area contributed by atoms with E-state index < -0.39 is 0 Å². The molecule has 2 rings (SSSR count). The maximum Gasteiger partial charge on any atom is 0.251 e. The first kappa shape index (κ1) is 16.5. The number of amides is 1. The molecule has 0 bridgehead atoms. The molecule has 1 heterocycles. The van der Waals surface area contributed by atoms with Gasteiger partial charge in [-0.15, -0.1) is 0 Å². The van der Waals surface area contributed by atoms with Gasteiger partial charge >= 0.3 is 0 Å². The molecule has 0 aromatic heterocycles. The molecular formula is C15H22N4O2S. The van der Waals surface area contributed by atoms with E-state index in [9.17, 15) is 4.79 Å². The predicted octanol–water partition coefficient (Wildman–Crippen LogP) is 0.789. The van der Waals surface area contributed by atoms with E-state index in [4.69, 9.17) is 10.5 Å². The number of guanidine groups is 1. The Labute approximate surface area is 135 Å². The Kier molecular flexibility index (Phi) is 6.39. The number of hydrogen-bond acceptors (Lipinski definition) is 4. The summed E-state index contributed by atoms with van der Waals surface area (Å²) in [5.41, 5.74) is 6.55. The van der Waals surface area contributed by atoms with E-state index in [0.29, 0.717) is 24.6 Å². The van der Waals surface area contributed by atoms with E-state index in [0.717, 1.165) is 30.3 Å². The molecule has 0 radical (unpaired) electrons. The number of nitrogens with zero attached hydrogens (tertiary/aromatic N) is 2. The lowest BCUT2D eigenvalue weighted by atomic mass is 10.2. The fourth-order valence-electron chi connectivity index (χ4n) is 2.08. The van der Waals surface area contributed by atoms with Crippen LogP contribution in [0.3, 0.4) is 0 Å². The van der Waals surface area contributed by atoms with E-state index >= 15 is 0 Å². The van der Waals surface area contributed by atoms with Crippen LogP contribution in [0.15, 0.2) is 29.3 Å². The third-order valence-electron chi connectivity index (χ3n) is 3.36. The first-order valence-corrected chi connectivity index (χ1v) is 8.41. The van der Waals surface area contributed by atoms with Crippen LogP contribution in [0.5, 0.6) is 5.75 Å². The summed E-state index contributed by atoms with van der Waals surface area (Å²) in [5.74, 6) is 3.35. The first-order chi connectivity index (χ1) is 10.7. The number of nitrogens with one attached hydrogen (secondary N) is 1. The molecule has 120 valence electrons. The molecule has 1 aliphatic rings. The van der Waals surface area contributed by atoms with Crippen molar-refractivity contribution in [1.29, 1.82) is 0 Å². The molecule has 0 aliphatic carbocycles. The molecule has 1 aromatic rings. The van der Waals surface area contributed by atoms with Gasteiger partial charge in [0, 0.05) is 36.7 Å². The van der Waals surface area contributed by atoms with E-state index in [1.807, 2.05) is 11.8 Å². The van der Waals surface area contributed by atoms with E-state index in [2.05, 4.69) is 15.2 Å². The van der Waals surface area contributed by atoms with Crippen LogP contribution in [0, 0.1) is 0 Å². The Morgan fingerprint density at radius 1 is 1.36 bits per heavy atom. The van der Waals surface area contributed by atoms with Gasteiger partial charge in [0.25, 0.3) is 5.91 Å². The van der Waals surface area contributed by atoms with Crippen LogP contribution >= 0.6 is 11.8 Å². The molecule has 1 aliphatic heterocycles. The van der Waals surface area contributed by atoms with Crippen molar-refractivity contribution in [1.82, 2.24) is 10.2 Å². The summed E-state index contributed by atoms with van der Waals surface area (Å²) in [6.07, 6.45) is 0. The van der Waals surface area contributed by atoms with E-state index in [1.165, 1.54) is 0 Å². The average molecular weight is 322 g/mol. The number of benzene rings is 1. The fourth-order valence-corrected chi connectivity index (χ4v) is 2.98. The van der Waals surface area contributed by atoms with Crippen molar-refractivity contribution in [2.24, 2.45) is 10.7 Å². The van der Waals surface area contributed by atoms with E-state index in [-0.39, 0.29) is 5.91 Å². The van der Waals surface area contributed by atoms with Gasteiger partial charge in [-0.2, -0.15) is 11.8 Å². The molecule has 0 atom stereocenters. The lowest BCUT2D eigenvalue weighted by molar-refractivity contribution is 0.0954. The van der Waals surface area contributed by atoms with Crippen LogP contribution in [0.1, 0.15) is 10.4 Å². The number of ether oxygens (including phenoxy) is 1. The van der Waals surface area contributed by atoms with Crippen molar-refractivity contribution in [3.63, 3.8) is 0 Å². The Balaban J connectivity index is 1.74. The summed E-state index contributed by atoms with van der Waals surface area (Å²) in [4.78, 5) is 18.3. The molecule has 1 saturated heterocycles. The minimum absolute atomic E-state index is 0.120. The monoisotopic (exact) mass is 322 g/mol. The van der Waals surface area contributed by atoms with Gasteiger partial charge in [0.15, 0.2) is 5.96 Å². The highest BCUT2D eigenvalue weighted by Crippen LogP contribution is 2.11. The predicted molar refractivity (Wildman–Crippen MR) is 90.7 cm³/mol. The summed E-state index contributed by atoms with van der Waals surface area (Å²) >= 11 is 1.93. The molecule has 1 fully saturated rings. The zero-order valence-electron chi connectivity index (χ0n) is 12.7. The lowest BCUT2D eigenvalue weighted by Crippen LogP contribution is -2.43. The van der Waals surface area contributed by atoms with Crippen molar-refractivity contribution in [3.8, 4) is 5.75 Å². The molecule has 0 saturated carbocycles. The van der Waals surface area contributed by atoms with Gasteiger partial charge in [-0.3, -0.25) is 9.79 Å². The highest BCUT2D eigenvalue weighted by atomic mass is 32.2. The third kappa shape index (κ3) is 4.84. The second-order valence-electron chi connectivity index (χ2n) is 4.82. The Morgan fingerprint density at radius 2 is 2.05 bits per heavy atom. The van der Waals surface area contributed by atoms with Crippen LogP contribution in [-0.2, 0) is 0 Å². The first-order valence-electron chi connectivity index (χ1n) is 7.25. The average Bonchev–Trinajstić information content (AvgIpc) is 2.59. The van der Waals surface area contributed by atoms with Gasteiger partial charge in [0.1, 0.15) is 5.75 Å². The maximum absolute atomic E-state index is 11.9. The van der Waals surface area contributed by atoms with Gasteiger partial charge in [0.05, 0.1) is 13.7 Å². The number of nitrogens with two attached hydrogens (primary N) is 1. The zero-order valence-corrected chi connectivity index (χ0v) is 13.6. The Hall–Kier alpha value is -1.89. The largest absolute Gasteiger partial charge is 0.497 e. The maximum atomic E-state index is 11.9. The fraction of sp³-hybridized carbons (Fsp3) is 0.467. The molecule has 1 amide bonds. The smallest absolute Gasteiger partial charge is 0.251 e.